The molecule has 1 aromatic carbocycles. The zero-order valence-electron chi connectivity index (χ0n) is 11.5. The van der Waals surface area contributed by atoms with Gasteiger partial charge in [0.05, 0.1) is 6.26 Å². The SMILES string of the molecule is O=C(O)CCc1cccc(NC(=O)CCc2ccco2)c1. The van der Waals surface area contributed by atoms with Crippen LogP contribution in [0.5, 0.6) is 0 Å². The summed E-state index contributed by atoms with van der Waals surface area (Å²) in [5.41, 5.74) is 1.57. The first-order chi connectivity index (χ1) is 10.1. The van der Waals surface area contributed by atoms with Crippen molar-refractivity contribution in [2.75, 3.05) is 5.32 Å². The van der Waals surface area contributed by atoms with Crippen LogP contribution in [0.2, 0.25) is 0 Å². The molecule has 2 aromatic rings. The second kappa shape index (κ2) is 7.28. The minimum Gasteiger partial charge on any atom is -0.481 e. The monoisotopic (exact) mass is 287 g/mol. The average Bonchev–Trinajstić information content (AvgIpc) is 2.97. The predicted octanol–water partition coefficient (Wildman–Crippen LogP) is 2.87. The van der Waals surface area contributed by atoms with Crippen molar-refractivity contribution < 1.29 is 19.1 Å². The molecule has 110 valence electrons. The maximum atomic E-state index is 11.8. The van der Waals surface area contributed by atoms with Crippen LogP contribution in [0, 0.1) is 0 Å². The van der Waals surface area contributed by atoms with Crippen molar-refractivity contribution in [3.63, 3.8) is 0 Å². The molecule has 1 heterocycles. The number of rotatable bonds is 7. The van der Waals surface area contributed by atoms with Gasteiger partial charge in [0, 0.05) is 24.9 Å². The summed E-state index contributed by atoms with van der Waals surface area (Å²) in [6.07, 6.45) is 3.00. The van der Waals surface area contributed by atoms with Gasteiger partial charge >= 0.3 is 5.97 Å². The number of aryl methyl sites for hydroxylation is 2. The predicted molar refractivity (Wildman–Crippen MR) is 78.1 cm³/mol. The molecule has 0 saturated heterocycles. The maximum absolute atomic E-state index is 11.8. The molecule has 0 unspecified atom stereocenters. The fourth-order valence-electron chi connectivity index (χ4n) is 1.97. The van der Waals surface area contributed by atoms with Crippen LogP contribution in [-0.2, 0) is 22.4 Å². The van der Waals surface area contributed by atoms with E-state index in [1.807, 2.05) is 12.1 Å². The number of furan rings is 1. The van der Waals surface area contributed by atoms with E-state index >= 15 is 0 Å². The minimum atomic E-state index is -0.831. The second-order valence-electron chi connectivity index (χ2n) is 4.72. The Bertz CT molecular complexity index is 604. The summed E-state index contributed by atoms with van der Waals surface area (Å²) in [4.78, 5) is 22.4. The summed E-state index contributed by atoms with van der Waals surface area (Å²) in [7, 11) is 0. The Labute approximate surface area is 122 Å². The third kappa shape index (κ3) is 5.14. The molecule has 1 amide bonds. The molecule has 5 nitrogen and oxygen atoms in total. The summed E-state index contributed by atoms with van der Waals surface area (Å²) >= 11 is 0. The molecule has 0 aliphatic carbocycles. The second-order valence-corrected chi connectivity index (χ2v) is 4.72. The van der Waals surface area contributed by atoms with E-state index in [1.165, 1.54) is 0 Å². The molecule has 1 aromatic heterocycles. The molecule has 0 saturated carbocycles. The van der Waals surface area contributed by atoms with Crippen LogP contribution in [0.15, 0.2) is 47.1 Å². The molecule has 21 heavy (non-hydrogen) atoms. The lowest BCUT2D eigenvalue weighted by Crippen LogP contribution is -2.12. The fourth-order valence-corrected chi connectivity index (χ4v) is 1.97. The molecule has 5 heteroatoms. The van der Waals surface area contributed by atoms with Gasteiger partial charge in [-0.15, -0.1) is 0 Å². The zero-order chi connectivity index (χ0) is 15.1. The summed E-state index contributed by atoms with van der Waals surface area (Å²) < 4.78 is 5.17. The first-order valence-corrected chi connectivity index (χ1v) is 6.76. The van der Waals surface area contributed by atoms with E-state index in [1.54, 1.807) is 30.5 Å². The lowest BCUT2D eigenvalue weighted by Gasteiger charge is -2.06. The first-order valence-electron chi connectivity index (χ1n) is 6.76. The molecule has 0 spiro atoms. The van der Waals surface area contributed by atoms with E-state index in [2.05, 4.69) is 5.32 Å². The number of nitrogens with one attached hydrogen (secondary N) is 1. The van der Waals surface area contributed by atoms with Crippen molar-refractivity contribution in [2.24, 2.45) is 0 Å². The van der Waals surface area contributed by atoms with Crippen LogP contribution in [0.25, 0.3) is 0 Å². The van der Waals surface area contributed by atoms with Crippen LogP contribution in [-0.4, -0.2) is 17.0 Å². The normalized spacial score (nSPS) is 10.3. The number of hydrogen-bond acceptors (Lipinski definition) is 3. The molecule has 0 atom stereocenters. The lowest BCUT2D eigenvalue weighted by atomic mass is 10.1. The molecule has 0 aliphatic rings. The summed E-state index contributed by atoms with van der Waals surface area (Å²) in [5, 5.41) is 11.5. The number of aliphatic carboxylic acids is 1. The number of hydrogen-bond donors (Lipinski definition) is 2. The van der Waals surface area contributed by atoms with Crippen LogP contribution >= 0.6 is 0 Å². The van der Waals surface area contributed by atoms with Gasteiger partial charge in [-0.3, -0.25) is 9.59 Å². The number of carbonyl (C=O) groups excluding carboxylic acids is 1. The Morgan fingerprint density at radius 3 is 2.67 bits per heavy atom. The summed E-state index contributed by atoms with van der Waals surface area (Å²) in [5.74, 6) is -0.148. The minimum absolute atomic E-state index is 0.0793. The highest BCUT2D eigenvalue weighted by atomic mass is 16.4. The highest BCUT2D eigenvalue weighted by Crippen LogP contribution is 2.13. The van der Waals surface area contributed by atoms with Crippen molar-refractivity contribution in [1.29, 1.82) is 0 Å². The van der Waals surface area contributed by atoms with Crippen molar-refractivity contribution in [1.82, 2.24) is 0 Å². The van der Waals surface area contributed by atoms with Crippen LogP contribution in [0.3, 0.4) is 0 Å². The number of carbonyl (C=O) groups is 2. The van der Waals surface area contributed by atoms with Gasteiger partial charge in [-0.1, -0.05) is 12.1 Å². The Hall–Kier alpha value is -2.56. The Kier molecular flexibility index (Phi) is 5.15. The highest BCUT2D eigenvalue weighted by Gasteiger charge is 2.06. The Morgan fingerprint density at radius 1 is 1.10 bits per heavy atom. The van der Waals surface area contributed by atoms with Gasteiger partial charge in [-0.05, 0) is 36.2 Å². The number of benzene rings is 1. The van der Waals surface area contributed by atoms with Gasteiger partial charge in [-0.25, -0.2) is 0 Å². The molecule has 0 bridgehead atoms. The third-order valence-electron chi connectivity index (χ3n) is 3.02. The third-order valence-corrected chi connectivity index (χ3v) is 3.02. The number of carboxylic acid groups (broad SMARTS) is 1. The largest absolute Gasteiger partial charge is 0.481 e. The van der Waals surface area contributed by atoms with Gasteiger partial charge in [0.25, 0.3) is 0 Å². The standard InChI is InChI=1S/C16H17NO4/c18-15(8-7-14-5-2-10-21-14)17-13-4-1-3-12(11-13)6-9-16(19)20/h1-5,10-11H,6-9H2,(H,17,18)(H,19,20). The molecule has 0 radical (unpaired) electrons. The smallest absolute Gasteiger partial charge is 0.303 e. The van der Waals surface area contributed by atoms with Crippen LogP contribution < -0.4 is 5.32 Å². The van der Waals surface area contributed by atoms with Crippen molar-refractivity contribution in [2.45, 2.75) is 25.7 Å². The van der Waals surface area contributed by atoms with Gasteiger partial charge in [0.1, 0.15) is 5.76 Å². The molecular weight excluding hydrogens is 270 g/mol. The Balaban J connectivity index is 1.85. The molecule has 0 aliphatic heterocycles. The van der Waals surface area contributed by atoms with E-state index in [-0.39, 0.29) is 12.3 Å². The van der Waals surface area contributed by atoms with E-state index in [0.717, 1.165) is 11.3 Å². The van der Waals surface area contributed by atoms with E-state index in [9.17, 15) is 9.59 Å². The number of amides is 1. The first kappa shape index (κ1) is 14.8. The highest BCUT2D eigenvalue weighted by molar-refractivity contribution is 5.90. The van der Waals surface area contributed by atoms with E-state index in [0.29, 0.717) is 24.9 Å². The van der Waals surface area contributed by atoms with E-state index < -0.39 is 5.97 Å². The van der Waals surface area contributed by atoms with Crippen LogP contribution in [0.1, 0.15) is 24.2 Å². The fraction of sp³-hybridized carbons (Fsp3) is 0.250. The summed E-state index contributed by atoms with van der Waals surface area (Å²) in [6.45, 7) is 0. The number of carboxylic acids is 1. The zero-order valence-corrected chi connectivity index (χ0v) is 11.5. The summed E-state index contributed by atoms with van der Waals surface area (Å²) in [6, 6.07) is 10.9. The van der Waals surface area contributed by atoms with Gasteiger partial charge in [-0.2, -0.15) is 0 Å². The van der Waals surface area contributed by atoms with E-state index in [4.69, 9.17) is 9.52 Å². The topological polar surface area (TPSA) is 79.5 Å². The maximum Gasteiger partial charge on any atom is 0.303 e. The van der Waals surface area contributed by atoms with Crippen molar-refractivity contribution >= 4 is 17.6 Å². The van der Waals surface area contributed by atoms with Gasteiger partial charge in [0.2, 0.25) is 5.91 Å². The quantitative estimate of drug-likeness (QED) is 0.820. The Morgan fingerprint density at radius 2 is 1.95 bits per heavy atom. The average molecular weight is 287 g/mol. The molecular formula is C16H17NO4. The molecule has 0 fully saturated rings. The van der Waals surface area contributed by atoms with Crippen molar-refractivity contribution in [3.8, 4) is 0 Å². The molecule has 2 rings (SSSR count). The van der Waals surface area contributed by atoms with Gasteiger partial charge in [0.15, 0.2) is 0 Å². The van der Waals surface area contributed by atoms with Crippen LogP contribution in [0.4, 0.5) is 5.69 Å². The van der Waals surface area contributed by atoms with Gasteiger partial charge < -0.3 is 14.8 Å². The van der Waals surface area contributed by atoms with Crippen molar-refractivity contribution in [3.05, 3.63) is 54.0 Å². The molecule has 2 N–H and O–H groups in total. The number of anilines is 1. The lowest BCUT2D eigenvalue weighted by molar-refractivity contribution is -0.137.